The molecule has 2 aromatic rings. The van der Waals surface area contributed by atoms with Gasteiger partial charge in [0.1, 0.15) is 5.65 Å². The van der Waals surface area contributed by atoms with Crippen LogP contribution in [0.15, 0.2) is 18.5 Å². The van der Waals surface area contributed by atoms with Gasteiger partial charge in [-0.1, -0.05) is 0 Å². The number of aromatic amines is 1. The molecular formula is C9H10N4O. The zero-order valence-electron chi connectivity index (χ0n) is 7.66. The van der Waals surface area contributed by atoms with Gasteiger partial charge in [0, 0.05) is 24.8 Å². The quantitative estimate of drug-likeness (QED) is 0.651. The predicted octanol–water partition coefficient (Wildman–Crippen LogP) is 0.703. The van der Waals surface area contributed by atoms with Crippen LogP contribution < -0.4 is 11.1 Å². The van der Waals surface area contributed by atoms with E-state index >= 15 is 0 Å². The van der Waals surface area contributed by atoms with E-state index in [1.165, 1.54) is 6.20 Å². The molecule has 4 N–H and O–H groups in total. The molecule has 72 valence electrons. The van der Waals surface area contributed by atoms with E-state index in [1.54, 1.807) is 13.2 Å². The van der Waals surface area contributed by atoms with E-state index in [0.29, 0.717) is 11.3 Å². The highest BCUT2D eigenvalue weighted by Gasteiger charge is 2.11. The lowest BCUT2D eigenvalue weighted by Crippen LogP contribution is -2.14. The number of hydrogen-bond acceptors (Lipinski definition) is 3. The number of carbonyl (C=O) groups excluding carboxylic acids is 1. The molecule has 0 unspecified atom stereocenters. The van der Waals surface area contributed by atoms with Crippen molar-refractivity contribution in [2.45, 2.75) is 0 Å². The molecule has 0 aliphatic heterocycles. The average Bonchev–Trinajstić information content (AvgIpc) is 2.63. The van der Waals surface area contributed by atoms with Gasteiger partial charge >= 0.3 is 0 Å². The summed E-state index contributed by atoms with van der Waals surface area (Å²) in [6.07, 6.45) is 3.23. The molecule has 0 bridgehead atoms. The molecule has 0 fully saturated rings. The van der Waals surface area contributed by atoms with Gasteiger partial charge in [0.05, 0.1) is 11.3 Å². The molecule has 2 heterocycles. The van der Waals surface area contributed by atoms with E-state index < -0.39 is 5.91 Å². The molecule has 2 aromatic heterocycles. The van der Waals surface area contributed by atoms with Crippen molar-refractivity contribution in [2.24, 2.45) is 5.73 Å². The number of amides is 1. The Hall–Kier alpha value is -2.04. The normalized spacial score (nSPS) is 10.4. The maximum atomic E-state index is 11.1. The van der Waals surface area contributed by atoms with Crippen molar-refractivity contribution in [3.8, 4) is 0 Å². The lowest BCUT2D eigenvalue weighted by Gasteiger charge is -2.06. The summed E-state index contributed by atoms with van der Waals surface area (Å²) in [7, 11) is 1.74. The summed E-state index contributed by atoms with van der Waals surface area (Å²) in [5.41, 5.74) is 7.07. The number of rotatable bonds is 2. The maximum Gasteiger partial charge on any atom is 0.252 e. The van der Waals surface area contributed by atoms with Gasteiger partial charge in [0.2, 0.25) is 0 Å². The number of carbonyl (C=O) groups is 1. The summed E-state index contributed by atoms with van der Waals surface area (Å²) in [6.45, 7) is 0. The Kier molecular flexibility index (Phi) is 1.85. The van der Waals surface area contributed by atoms with Gasteiger partial charge in [-0.25, -0.2) is 4.98 Å². The van der Waals surface area contributed by atoms with E-state index in [4.69, 9.17) is 5.73 Å². The molecule has 0 spiro atoms. The van der Waals surface area contributed by atoms with E-state index in [0.717, 1.165) is 11.0 Å². The van der Waals surface area contributed by atoms with E-state index in [1.807, 2.05) is 6.07 Å². The number of primary amides is 1. The van der Waals surface area contributed by atoms with Crippen LogP contribution in [0.25, 0.3) is 11.0 Å². The largest absolute Gasteiger partial charge is 0.387 e. The van der Waals surface area contributed by atoms with Gasteiger partial charge in [0.25, 0.3) is 5.91 Å². The summed E-state index contributed by atoms with van der Waals surface area (Å²) < 4.78 is 0. The molecule has 0 aliphatic carbocycles. The highest BCUT2D eigenvalue weighted by atomic mass is 16.1. The first kappa shape index (κ1) is 8.55. The number of nitrogens with zero attached hydrogens (tertiary/aromatic N) is 1. The second kappa shape index (κ2) is 3.02. The minimum atomic E-state index is -0.482. The van der Waals surface area contributed by atoms with Crippen LogP contribution in [0.5, 0.6) is 0 Å². The van der Waals surface area contributed by atoms with Gasteiger partial charge in [-0.3, -0.25) is 4.79 Å². The summed E-state index contributed by atoms with van der Waals surface area (Å²) >= 11 is 0. The minimum Gasteiger partial charge on any atom is -0.387 e. The van der Waals surface area contributed by atoms with Crippen LogP contribution in [0.3, 0.4) is 0 Å². The van der Waals surface area contributed by atoms with E-state index in [-0.39, 0.29) is 0 Å². The average molecular weight is 190 g/mol. The predicted molar refractivity (Wildman–Crippen MR) is 54.2 cm³/mol. The summed E-state index contributed by atoms with van der Waals surface area (Å²) in [5, 5.41) is 3.81. The Morgan fingerprint density at radius 1 is 1.64 bits per heavy atom. The minimum absolute atomic E-state index is 0.402. The number of nitrogens with two attached hydrogens (primary N) is 1. The van der Waals surface area contributed by atoms with Crippen LogP contribution in [-0.4, -0.2) is 22.9 Å². The standard InChI is InChI=1S/C9H10N4O/c1-11-7-5-2-3-12-9(5)13-4-6(7)8(10)14/h2-4H,1H3,(H2,10,14)(H2,11,12,13). The van der Waals surface area contributed by atoms with Crippen LogP contribution >= 0.6 is 0 Å². The molecule has 5 heteroatoms. The van der Waals surface area contributed by atoms with E-state index in [9.17, 15) is 4.79 Å². The van der Waals surface area contributed by atoms with Crippen LogP contribution in [0.2, 0.25) is 0 Å². The first-order chi connectivity index (χ1) is 6.74. The summed E-state index contributed by atoms with van der Waals surface area (Å²) in [5.74, 6) is -0.482. The maximum absolute atomic E-state index is 11.1. The second-order valence-corrected chi connectivity index (χ2v) is 2.90. The number of H-pyrrole nitrogens is 1. The first-order valence-electron chi connectivity index (χ1n) is 4.17. The van der Waals surface area contributed by atoms with Crippen molar-refractivity contribution in [1.82, 2.24) is 9.97 Å². The van der Waals surface area contributed by atoms with Crippen LogP contribution in [0.1, 0.15) is 10.4 Å². The Morgan fingerprint density at radius 2 is 2.43 bits per heavy atom. The summed E-state index contributed by atoms with van der Waals surface area (Å²) in [4.78, 5) is 18.1. The second-order valence-electron chi connectivity index (χ2n) is 2.90. The Morgan fingerprint density at radius 3 is 3.07 bits per heavy atom. The SMILES string of the molecule is CNc1c(C(N)=O)cnc2[nH]ccc12. The van der Waals surface area contributed by atoms with Gasteiger partial charge < -0.3 is 16.0 Å². The topological polar surface area (TPSA) is 83.8 Å². The van der Waals surface area contributed by atoms with Gasteiger partial charge in [-0.2, -0.15) is 0 Å². The highest BCUT2D eigenvalue weighted by Crippen LogP contribution is 2.24. The highest BCUT2D eigenvalue weighted by molar-refractivity contribution is 6.05. The molecule has 0 radical (unpaired) electrons. The van der Waals surface area contributed by atoms with Crippen molar-refractivity contribution in [1.29, 1.82) is 0 Å². The van der Waals surface area contributed by atoms with E-state index in [2.05, 4.69) is 15.3 Å². The molecular weight excluding hydrogens is 180 g/mol. The fourth-order valence-corrected chi connectivity index (χ4v) is 1.46. The molecule has 1 amide bonds. The lowest BCUT2D eigenvalue weighted by molar-refractivity contribution is 0.100. The molecule has 14 heavy (non-hydrogen) atoms. The number of anilines is 1. The molecule has 2 rings (SSSR count). The number of aromatic nitrogens is 2. The molecule has 0 aromatic carbocycles. The Labute approximate surface area is 80.3 Å². The number of hydrogen-bond donors (Lipinski definition) is 3. The fraction of sp³-hybridized carbons (Fsp3) is 0.111. The monoisotopic (exact) mass is 190 g/mol. The molecule has 0 aliphatic rings. The third-order valence-electron chi connectivity index (χ3n) is 2.10. The number of nitrogens with one attached hydrogen (secondary N) is 2. The molecule has 0 saturated carbocycles. The van der Waals surface area contributed by atoms with Gasteiger partial charge in [-0.15, -0.1) is 0 Å². The smallest absolute Gasteiger partial charge is 0.252 e. The summed E-state index contributed by atoms with van der Waals surface area (Å²) in [6, 6.07) is 1.85. The fourth-order valence-electron chi connectivity index (χ4n) is 1.46. The Balaban J connectivity index is 2.78. The zero-order chi connectivity index (χ0) is 10.1. The molecule has 0 atom stereocenters. The Bertz CT molecular complexity index is 489. The first-order valence-corrected chi connectivity index (χ1v) is 4.17. The molecule has 0 saturated heterocycles. The van der Waals surface area contributed by atoms with Crippen LogP contribution in [0, 0.1) is 0 Å². The zero-order valence-corrected chi connectivity index (χ0v) is 7.66. The van der Waals surface area contributed by atoms with Crippen molar-refractivity contribution in [2.75, 3.05) is 12.4 Å². The van der Waals surface area contributed by atoms with Crippen molar-refractivity contribution in [3.63, 3.8) is 0 Å². The van der Waals surface area contributed by atoms with Gasteiger partial charge in [-0.05, 0) is 6.07 Å². The molecule has 5 nitrogen and oxygen atoms in total. The number of fused-ring (bicyclic) bond motifs is 1. The lowest BCUT2D eigenvalue weighted by atomic mass is 10.1. The number of pyridine rings is 1. The van der Waals surface area contributed by atoms with Crippen molar-refractivity contribution in [3.05, 3.63) is 24.0 Å². The van der Waals surface area contributed by atoms with Crippen molar-refractivity contribution < 1.29 is 4.79 Å². The van der Waals surface area contributed by atoms with Crippen molar-refractivity contribution >= 4 is 22.6 Å². The third-order valence-corrected chi connectivity index (χ3v) is 2.10. The third kappa shape index (κ3) is 1.10. The van der Waals surface area contributed by atoms with Crippen LogP contribution in [0.4, 0.5) is 5.69 Å². The van der Waals surface area contributed by atoms with Gasteiger partial charge in [0.15, 0.2) is 0 Å². The van der Waals surface area contributed by atoms with Crippen LogP contribution in [-0.2, 0) is 0 Å².